The Balaban J connectivity index is 0.00000693. The van der Waals surface area contributed by atoms with Gasteiger partial charge in [-0.25, -0.2) is 4.98 Å². The quantitative estimate of drug-likeness (QED) is 0.154. The summed E-state index contributed by atoms with van der Waals surface area (Å²) in [5, 5.41) is 11.6. The average molecular weight is 985 g/mol. The van der Waals surface area contributed by atoms with E-state index in [0.717, 1.165) is 39.1 Å². The molecule has 0 fully saturated rings. The van der Waals surface area contributed by atoms with E-state index in [1.807, 2.05) is 130 Å². The Kier molecular flexibility index (Phi) is 8.28. The SMILES string of the molecule is [2H]c1nc(-c2[c-]c(-c3cccc4c3nc(-c3ccccc3O)n4-c3cc(-c4ccccc4)c(C([2H])(C)C)cc3-c3ccccc3)cc(C(C)(C)C)c2)c([2H])c(-c2c([2H])c([2H])c(C([2H])([2H])[2H])c([2H])c2[2H])c1[2H].[Pt]. The molecule has 7 aromatic carbocycles. The normalized spacial score (nSPS) is 14.5. The topological polar surface area (TPSA) is 50.9 Å². The Hall–Kier alpha value is -6.35. The minimum absolute atomic E-state index is 0. The Labute approximate surface area is 389 Å². The molecule has 0 saturated heterocycles. The van der Waals surface area contributed by atoms with Crippen molar-refractivity contribution in [3.8, 4) is 78.6 Å². The minimum atomic E-state index is -2.98. The van der Waals surface area contributed by atoms with E-state index >= 15 is 0 Å². The van der Waals surface area contributed by atoms with E-state index in [2.05, 4.69) is 23.2 Å². The zero-order valence-electron chi connectivity index (χ0n) is 45.2. The molecule has 0 bridgehead atoms. The third-order valence-corrected chi connectivity index (χ3v) is 10.7. The van der Waals surface area contributed by atoms with Crippen molar-refractivity contribution in [1.29, 1.82) is 0 Å². The second-order valence-corrected chi connectivity index (χ2v) is 16.0. The van der Waals surface area contributed by atoms with Gasteiger partial charge < -0.3 is 5.11 Å². The molecule has 1 N–H and O–H groups in total. The van der Waals surface area contributed by atoms with E-state index in [-0.39, 0.29) is 38.1 Å². The van der Waals surface area contributed by atoms with Gasteiger partial charge in [0.2, 0.25) is 0 Å². The Morgan fingerprint density at radius 1 is 0.689 bits per heavy atom. The zero-order chi connectivity index (χ0) is 51.1. The maximum atomic E-state index is 11.6. The van der Waals surface area contributed by atoms with Crippen molar-refractivity contribution in [2.45, 2.75) is 52.8 Å². The number of phenols is 1. The van der Waals surface area contributed by atoms with E-state index < -0.39 is 77.3 Å². The number of pyridine rings is 1. The monoisotopic (exact) mass is 984 g/mol. The summed E-state index contributed by atoms with van der Waals surface area (Å²) in [6.45, 7) is 6.81. The molecule has 304 valence electrons. The first-order chi connectivity index (χ1) is 33.5. The fourth-order valence-electron chi connectivity index (χ4n) is 7.58. The van der Waals surface area contributed by atoms with Crippen LogP contribution in [0.5, 0.6) is 5.75 Å². The van der Waals surface area contributed by atoms with Crippen LogP contribution in [0.1, 0.15) is 72.3 Å². The van der Waals surface area contributed by atoms with Crippen LogP contribution in [-0.4, -0.2) is 19.6 Å². The molecule has 0 aliphatic rings. The standard InChI is InChI=1S/C56H48N3O.Pt/c1-36(2)47-34-49(40-18-11-8-12-19-40)52(35-48(47)39-16-9-7-10-17-39)59-51-22-15-21-45(54(51)58-55(59)46-20-13-14-23-53(46)60)42-30-43(32-44(31-42)56(4,5)6)50-33-41(28-29-57-50)38-26-24-37(3)25-27-38;/h7-29,31-36,60H,1-6H3;/q-1;/i3D3,24D,25D,26D,27D,28D,29D,33D,36D;. The second kappa shape index (κ2) is 17.0. The molecular weight excluding hydrogens is 926 g/mol. The molecule has 0 aliphatic carbocycles. The Bertz CT molecular complexity index is 3550. The summed E-state index contributed by atoms with van der Waals surface area (Å²) in [7, 11) is 0. The molecule has 4 nitrogen and oxygen atoms in total. The number of benzene rings is 7. The molecule has 2 aromatic heterocycles. The smallest absolute Gasteiger partial charge is 0.148 e. The number of nitrogens with zero attached hydrogens (tertiary/aromatic N) is 3. The second-order valence-electron chi connectivity index (χ2n) is 16.0. The van der Waals surface area contributed by atoms with Crippen molar-refractivity contribution >= 4 is 11.0 Å². The molecule has 0 atom stereocenters. The summed E-state index contributed by atoms with van der Waals surface area (Å²) >= 11 is 0. The summed E-state index contributed by atoms with van der Waals surface area (Å²) in [5.74, 6) is -0.570. The van der Waals surface area contributed by atoms with Crippen LogP contribution in [0.3, 0.4) is 0 Å². The summed E-state index contributed by atoms with van der Waals surface area (Å²) in [5.41, 5.74) is 6.59. The van der Waals surface area contributed by atoms with Gasteiger partial charge in [0.05, 0.1) is 31.9 Å². The number of imidazole rings is 1. The first-order valence-electron chi connectivity index (χ1n) is 25.2. The van der Waals surface area contributed by atoms with Crippen LogP contribution in [0.2, 0.25) is 0 Å². The Morgan fingerprint density at radius 2 is 1.34 bits per heavy atom. The molecule has 0 unspecified atom stereocenters. The molecule has 2 heterocycles. The van der Waals surface area contributed by atoms with Crippen molar-refractivity contribution in [2.24, 2.45) is 0 Å². The third kappa shape index (κ3) is 8.13. The van der Waals surface area contributed by atoms with Crippen molar-refractivity contribution in [3.63, 3.8) is 0 Å². The number of fused-ring (bicyclic) bond motifs is 1. The summed E-state index contributed by atoms with van der Waals surface area (Å²) in [4.78, 5) is 9.78. The molecule has 9 aromatic rings. The predicted octanol–water partition coefficient (Wildman–Crippen LogP) is 14.7. The summed E-state index contributed by atoms with van der Waals surface area (Å²) in [6.07, 6.45) is -0.601. The molecule has 0 amide bonds. The van der Waals surface area contributed by atoms with Gasteiger partial charge in [-0.15, -0.1) is 29.3 Å². The predicted molar refractivity (Wildman–Crippen MR) is 250 cm³/mol. The van der Waals surface area contributed by atoms with Gasteiger partial charge in [-0.2, -0.15) is 0 Å². The molecular formula is C56H48N3OPt-. The average Bonchev–Trinajstić information content (AvgIpc) is 3.71. The van der Waals surface area contributed by atoms with E-state index in [1.54, 1.807) is 24.3 Å². The summed E-state index contributed by atoms with van der Waals surface area (Å²) < 4.78 is 97.3. The van der Waals surface area contributed by atoms with Crippen molar-refractivity contribution in [2.75, 3.05) is 0 Å². The molecule has 5 heteroatoms. The summed E-state index contributed by atoms with van der Waals surface area (Å²) in [6, 6.07) is 39.7. The number of aromatic hydroxyl groups is 1. The molecule has 0 spiro atoms. The van der Waals surface area contributed by atoms with Crippen LogP contribution in [0.4, 0.5) is 0 Å². The van der Waals surface area contributed by atoms with Crippen LogP contribution in [0.25, 0.3) is 83.9 Å². The van der Waals surface area contributed by atoms with Gasteiger partial charge in [0.15, 0.2) is 0 Å². The van der Waals surface area contributed by atoms with E-state index in [0.29, 0.717) is 33.5 Å². The van der Waals surface area contributed by atoms with Gasteiger partial charge >= 0.3 is 0 Å². The zero-order valence-corrected chi connectivity index (χ0v) is 36.5. The van der Waals surface area contributed by atoms with Crippen LogP contribution in [0, 0.1) is 12.9 Å². The van der Waals surface area contributed by atoms with Crippen LogP contribution in [-0.2, 0) is 26.5 Å². The third-order valence-electron chi connectivity index (χ3n) is 10.7. The maximum absolute atomic E-state index is 11.6. The van der Waals surface area contributed by atoms with Gasteiger partial charge in [-0.05, 0) is 87.9 Å². The van der Waals surface area contributed by atoms with Gasteiger partial charge in [0.25, 0.3) is 0 Å². The van der Waals surface area contributed by atoms with Crippen LogP contribution < -0.4 is 0 Å². The number of phenolic OH excluding ortho intramolecular Hbond substituents is 1. The van der Waals surface area contributed by atoms with Crippen LogP contribution >= 0.6 is 0 Å². The Morgan fingerprint density at radius 3 is 2.02 bits per heavy atom. The van der Waals surface area contributed by atoms with Crippen LogP contribution in [0.15, 0.2) is 170 Å². The van der Waals surface area contributed by atoms with Gasteiger partial charge in [0.1, 0.15) is 11.6 Å². The van der Waals surface area contributed by atoms with Crippen molar-refractivity contribution in [1.82, 2.24) is 14.5 Å². The van der Waals surface area contributed by atoms with E-state index in [1.165, 1.54) is 0 Å². The van der Waals surface area contributed by atoms with Crippen molar-refractivity contribution < 1.29 is 41.3 Å². The van der Waals surface area contributed by atoms with Gasteiger partial charge in [-0.1, -0.05) is 166 Å². The molecule has 61 heavy (non-hydrogen) atoms. The molecule has 0 radical (unpaired) electrons. The van der Waals surface area contributed by atoms with Gasteiger partial charge in [0, 0.05) is 44.0 Å². The number of aromatic nitrogens is 3. The largest absolute Gasteiger partial charge is 0.507 e. The number of hydrogen-bond acceptors (Lipinski definition) is 3. The number of rotatable bonds is 8. The molecule has 0 saturated carbocycles. The van der Waals surface area contributed by atoms with E-state index in [9.17, 15) is 7.85 Å². The minimum Gasteiger partial charge on any atom is -0.507 e. The molecule has 0 aliphatic heterocycles. The van der Waals surface area contributed by atoms with Gasteiger partial charge in [-0.3, -0.25) is 9.55 Å². The first kappa shape index (κ1) is 29.8. The first-order valence-corrected chi connectivity index (χ1v) is 19.7. The number of hydrogen-bond donors (Lipinski definition) is 1. The fraction of sp³-hybridized carbons (Fsp3) is 0.143. The fourth-order valence-corrected chi connectivity index (χ4v) is 7.58. The number of para-hydroxylation sites is 2. The van der Waals surface area contributed by atoms with Crippen molar-refractivity contribution in [3.05, 3.63) is 193 Å². The van der Waals surface area contributed by atoms with E-state index in [4.69, 9.17) is 17.3 Å². The maximum Gasteiger partial charge on any atom is 0.148 e. The molecule has 9 rings (SSSR count).